The Hall–Kier alpha value is -1.35. The summed E-state index contributed by atoms with van der Waals surface area (Å²) in [5.74, 6) is -1.03. The summed E-state index contributed by atoms with van der Waals surface area (Å²) in [5.41, 5.74) is -1.19. The number of urea groups is 1. The molecule has 0 saturated carbocycles. The van der Waals surface area contributed by atoms with E-state index in [1.54, 1.807) is 0 Å². The highest BCUT2D eigenvalue weighted by molar-refractivity contribution is 7.88. The number of carboxylic acid groups (broad SMARTS) is 1. The molecule has 0 aliphatic carbocycles. The number of likely N-dealkylation sites (tertiary alicyclic amines) is 1. The molecule has 0 bridgehead atoms. The van der Waals surface area contributed by atoms with Gasteiger partial charge >= 0.3 is 12.0 Å². The lowest BCUT2D eigenvalue weighted by Crippen LogP contribution is -2.54. The van der Waals surface area contributed by atoms with Crippen molar-refractivity contribution < 1.29 is 23.1 Å². The number of carbonyl (C=O) groups is 2. The van der Waals surface area contributed by atoms with Crippen LogP contribution < -0.4 is 10.0 Å². The molecule has 1 unspecified atom stereocenters. The van der Waals surface area contributed by atoms with Crippen molar-refractivity contribution in [2.24, 2.45) is 0 Å². The van der Waals surface area contributed by atoms with Crippen LogP contribution in [0.3, 0.4) is 0 Å². The maximum Gasteiger partial charge on any atom is 0.329 e. The second-order valence-electron chi connectivity index (χ2n) is 4.73. The van der Waals surface area contributed by atoms with Gasteiger partial charge in [-0.15, -0.1) is 0 Å². The molecule has 3 N–H and O–H groups in total. The monoisotopic (exact) mass is 293 g/mol. The number of hydrogen-bond donors (Lipinski definition) is 3. The van der Waals surface area contributed by atoms with Crippen LogP contribution in [0.25, 0.3) is 0 Å². The van der Waals surface area contributed by atoms with Crippen molar-refractivity contribution in [1.29, 1.82) is 0 Å². The molecule has 8 nitrogen and oxygen atoms in total. The van der Waals surface area contributed by atoms with E-state index in [0.29, 0.717) is 19.4 Å². The first-order chi connectivity index (χ1) is 8.67. The van der Waals surface area contributed by atoms with E-state index in [0.717, 1.165) is 6.26 Å². The summed E-state index contributed by atoms with van der Waals surface area (Å²) in [4.78, 5) is 24.3. The molecular formula is C10H19N3O5S. The quantitative estimate of drug-likeness (QED) is 0.573. The maximum atomic E-state index is 11.9. The average molecular weight is 293 g/mol. The molecule has 1 fully saturated rings. The van der Waals surface area contributed by atoms with Crippen LogP contribution in [-0.2, 0) is 14.8 Å². The summed E-state index contributed by atoms with van der Waals surface area (Å²) in [6.07, 6.45) is 2.08. The lowest BCUT2D eigenvalue weighted by atomic mass is 10.00. The van der Waals surface area contributed by atoms with Crippen molar-refractivity contribution >= 4 is 22.0 Å². The minimum absolute atomic E-state index is 0.0716. The number of rotatable bonds is 5. The third-order valence-electron chi connectivity index (χ3n) is 3.11. The lowest BCUT2D eigenvalue weighted by molar-refractivity contribution is -0.147. The fourth-order valence-electron chi connectivity index (χ4n) is 2.01. The van der Waals surface area contributed by atoms with Crippen LogP contribution >= 0.6 is 0 Å². The molecule has 1 saturated heterocycles. The SMILES string of the molecule is CC1(C(=O)O)CCCN1C(=O)NCCNS(C)(=O)=O. The van der Waals surface area contributed by atoms with Gasteiger partial charge in [0.25, 0.3) is 0 Å². The Morgan fingerprint density at radius 1 is 1.37 bits per heavy atom. The van der Waals surface area contributed by atoms with E-state index >= 15 is 0 Å². The Kier molecular flexibility index (Phi) is 4.75. The zero-order valence-corrected chi connectivity index (χ0v) is 11.8. The second-order valence-corrected chi connectivity index (χ2v) is 6.57. The highest BCUT2D eigenvalue weighted by Gasteiger charge is 2.45. The molecule has 0 aromatic rings. The van der Waals surface area contributed by atoms with Crippen LogP contribution in [0.5, 0.6) is 0 Å². The summed E-state index contributed by atoms with van der Waals surface area (Å²) in [6.45, 7) is 2.07. The molecule has 1 heterocycles. The zero-order chi connectivity index (χ0) is 14.7. The Morgan fingerprint density at radius 2 is 2.00 bits per heavy atom. The minimum Gasteiger partial charge on any atom is -0.480 e. The van der Waals surface area contributed by atoms with E-state index in [1.807, 2.05) is 0 Å². The van der Waals surface area contributed by atoms with Crippen LogP contribution in [-0.4, -0.2) is 61.9 Å². The van der Waals surface area contributed by atoms with Crippen molar-refractivity contribution in [3.63, 3.8) is 0 Å². The summed E-state index contributed by atoms with van der Waals surface area (Å²) >= 11 is 0. The summed E-state index contributed by atoms with van der Waals surface area (Å²) in [6, 6.07) is -0.488. The lowest BCUT2D eigenvalue weighted by Gasteiger charge is -2.31. The van der Waals surface area contributed by atoms with E-state index in [9.17, 15) is 18.0 Å². The first-order valence-corrected chi connectivity index (χ1v) is 7.79. The molecule has 0 aromatic heterocycles. The van der Waals surface area contributed by atoms with Gasteiger partial charge < -0.3 is 15.3 Å². The van der Waals surface area contributed by atoms with E-state index in [2.05, 4.69) is 10.0 Å². The zero-order valence-electron chi connectivity index (χ0n) is 11.0. The number of nitrogens with one attached hydrogen (secondary N) is 2. The van der Waals surface area contributed by atoms with Crippen molar-refractivity contribution in [2.45, 2.75) is 25.3 Å². The van der Waals surface area contributed by atoms with E-state index in [-0.39, 0.29) is 13.1 Å². The van der Waals surface area contributed by atoms with Crippen LogP contribution in [0.4, 0.5) is 4.79 Å². The van der Waals surface area contributed by atoms with Crippen LogP contribution in [0, 0.1) is 0 Å². The van der Waals surface area contributed by atoms with Gasteiger partial charge in [-0.25, -0.2) is 22.7 Å². The molecule has 2 amide bonds. The van der Waals surface area contributed by atoms with Gasteiger partial charge in [-0.3, -0.25) is 0 Å². The van der Waals surface area contributed by atoms with E-state index in [4.69, 9.17) is 5.11 Å². The Bertz CT molecular complexity index is 464. The van der Waals surface area contributed by atoms with Gasteiger partial charge in [0.2, 0.25) is 10.0 Å². The predicted molar refractivity (Wildman–Crippen MR) is 68.2 cm³/mol. The van der Waals surface area contributed by atoms with Gasteiger partial charge in [0, 0.05) is 19.6 Å². The van der Waals surface area contributed by atoms with Crippen molar-refractivity contribution in [3.05, 3.63) is 0 Å². The molecule has 0 radical (unpaired) electrons. The first-order valence-electron chi connectivity index (χ1n) is 5.90. The van der Waals surface area contributed by atoms with Gasteiger partial charge in [0.1, 0.15) is 5.54 Å². The molecule has 19 heavy (non-hydrogen) atoms. The van der Waals surface area contributed by atoms with Crippen molar-refractivity contribution in [1.82, 2.24) is 14.9 Å². The molecular weight excluding hydrogens is 274 g/mol. The number of carbonyl (C=O) groups excluding carboxylic acids is 1. The average Bonchev–Trinajstić information content (AvgIpc) is 2.66. The highest BCUT2D eigenvalue weighted by atomic mass is 32.2. The summed E-state index contributed by atoms with van der Waals surface area (Å²) in [5, 5.41) is 11.7. The van der Waals surface area contributed by atoms with Crippen molar-refractivity contribution in [2.75, 3.05) is 25.9 Å². The second kappa shape index (κ2) is 5.74. The molecule has 1 aliphatic heterocycles. The fourth-order valence-corrected chi connectivity index (χ4v) is 2.49. The summed E-state index contributed by atoms with van der Waals surface area (Å²) in [7, 11) is -3.29. The molecule has 1 rings (SSSR count). The fraction of sp³-hybridized carbons (Fsp3) is 0.800. The number of aliphatic carboxylic acids is 1. The van der Waals surface area contributed by atoms with E-state index < -0.39 is 27.6 Å². The van der Waals surface area contributed by atoms with Crippen LogP contribution in [0.2, 0.25) is 0 Å². The van der Waals surface area contributed by atoms with Crippen LogP contribution in [0.1, 0.15) is 19.8 Å². The normalized spacial score (nSPS) is 23.4. The first kappa shape index (κ1) is 15.7. The largest absolute Gasteiger partial charge is 0.480 e. The molecule has 1 aliphatic rings. The molecule has 0 aromatic carbocycles. The van der Waals surface area contributed by atoms with Gasteiger partial charge in [-0.2, -0.15) is 0 Å². The predicted octanol–water partition coefficient (Wildman–Crippen LogP) is -0.816. The number of amides is 2. The third kappa shape index (κ3) is 4.06. The molecule has 9 heteroatoms. The Labute approximate surface area is 112 Å². The number of hydrogen-bond acceptors (Lipinski definition) is 4. The smallest absolute Gasteiger partial charge is 0.329 e. The molecule has 110 valence electrons. The minimum atomic E-state index is -3.29. The van der Waals surface area contributed by atoms with Gasteiger partial charge in [0.05, 0.1) is 6.26 Å². The molecule has 1 atom stereocenters. The maximum absolute atomic E-state index is 11.9. The van der Waals surface area contributed by atoms with Crippen molar-refractivity contribution in [3.8, 4) is 0 Å². The van der Waals surface area contributed by atoms with Gasteiger partial charge in [-0.05, 0) is 19.8 Å². The third-order valence-corrected chi connectivity index (χ3v) is 3.84. The Morgan fingerprint density at radius 3 is 2.53 bits per heavy atom. The van der Waals surface area contributed by atoms with E-state index in [1.165, 1.54) is 11.8 Å². The number of nitrogens with zero attached hydrogens (tertiary/aromatic N) is 1. The summed E-state index contributed by atoms with van der Waals surface area (Å²) < 4.78 is 23.9. The standard InChI is InChI=1S/C10H19N3O5S/c1-10(8(14)15)4-3-7-13(10)9(16)11-5-6-12-19(2,17)18/h12H,3-7H2,1-2H3,(H,11,16)(H,14,15). The highest BCUT2D eigenvalue weighted by Crippen LogP contribution is 2.28. The van der Waals surface area contributed by atoms with Crippen LogP contribution in [0.15, 0.2) is 0 Å². The number of carboxylic acids is 1. The Balaban J connectivity index is 2.48. The van der Waals surface area contributed by atoms with Gasteiger partial charge in [0.15, 0.2) is 0 Å². The number of sulfonamides is 1. The topological polar surface area (TPSA) is 116 Å². The molecule has 0 spiro atoms. The van der Waals surface area contributed by atoms with Gasteiger partial charge in [-0.1, -0.05) is 0 Å².